The van der Waals surface area contributed by atoms with Crippen LogP contribution in [0.5, 0.6) is 0 Å². The lowest BCUT2D eigenvalue weighted by Gasteiger charge is -2.51. The summed E-state index contributed by atoms with van der Waals surface area (Å²) in [5, 5.41) is 21.0. The second-order valence-corrected chi connectivity index (χ2v) is 24.9. The number of aliphatic hydroxyl groups excluding tert-OH is 2. The molecule has 2 rings (SSSR count). The first-order valence-electron chi connectivity index (χ1n) is 13.3. The van der Waals surface area contributed by atoms with Crippen molar-refractivity contribution in [3.63, 3.8) is 0 Å². The minimum atomic E-state index is -3.79. The number of ether oxygens (including phenoxy) is 1. The molecule has 8 nitrogen and oxygen atoms in total. The van der Waals surface area contributed by atoms with Gasteiger partial charge in [-0.25, -0.2) is 0 Å². The molecule has 0 spiro atoms. The minimum absolute atomic E-state index is 0.00668. The summed E-state index contributed by atoms with van der Waals surface area (Å²) < 4.78 is 50.4. The molecule has 0 radical (unpaired) electrons. The zero-order valence-electron chi connectivity index (χ0n) is 24.3. The van der Waals surface area contributed by atoms with Gasteiger partial charge in [-0.3, -0.25) is 4.18 Å². The summed E-state index contributed by atoms with van der Waals surface area (Å²) in [6, 6.07) is 0. The van der Waals surface area contributed by atoms with E-state index in [4.69, 9.17) is 17.8 Å². The Morgan fingerprint density at radius 1 is 0.750 bits per heavy atom. The Labute approximate surface area is 221 Å². The Kier molecular flexibility index (Phi) is 10.2. The van der Waals surface area contributed by atoms with E-state index in [0.29, 0.717) is 19.3 Å². The minimum Gasteiger partial charge on any atom is -0.411 e. The molecule has 214 valence electrons. The first-order chi connectivity index (χ1) is 16.0. The van der Waals surface area contributed by atoms with Crippen LogP contribution in [0, 0.1) is 0 Å². The van der Waals surface area contributed by atoms with E-state index in [9.17, 15) is 18.6 Å². The molecule has 2 saturated heterocycles. The fraction of sp³-hybridized carbons (Fsp3) is 1.00. The lowest BCUT2D eigenvalue weighted by molar-refractivity contribution is -0.194. The van der Waals surface area contributed by atoms with Gasteiger partial charge < -0.3 is 23.8 Å². The van der Waals surface area contributed by atoms with Crippen LogP contribution in [0.2, 0.25) is 36.3 Å². The van der Waals surface area contributed by atoms with Crippen LogP contribution in [0.1, 0.15) is 73.6 Å². The molecule has 2 fully saturated rings. The van der Waals surface area contributed by atoms with E-state index in [-0.39, 0.29) is 35.1 Å². The molecule has 0 amide bonds. The van der Waals surface area contributed by atoms with Gasteiger partial charge in [0.1, 0.15) is 12.2 Å². The van der Waals surface area contributed by atoms with Crippen LogP contribution in [0.15, 0.2) is 0 Å². The number of fused-ring (bicyclic) bond motifs is 2. The molecule has 7 atom stereocenters. The van der Waals surface area contributed by atoms with Crippen molar-refractivity contribution in [2.75, 3.05) is 6.26 Å². The van der Waals surface area contributed by atoms with Gasteiger partial charge >= 0.3 is 0 Å². The molecule has 0 saturated carbocycles. The highest BCUT2D eigenvalue weighted by Crippen LogP contribution is 2.44. The summed E-state index contributed by atoms with van der Waals surface area (Å²) in [4.78, 5) is 0. The van der Waals surface area contributed by atoms with Gasteiger partial charge in [0.05, 0.1) is 36.8 Å². The molecule has 2 heterocycles. The van der Waals surface area contributed by atoms with Crippen molar-refractivity contribution in [1.82, 2.24) is 0 Å². The second kappa shape index (κ2) is 11.3. The SMILES string of the molecule is CC(C)(C)[Si](C)(C)O[C@H]1C[C@@H](O[Si](C)(C)C(C)(C)C)[C@@H]2CCC(O)C(O)CC[C@H](OS(C)(=O)=O)[C@H]1O2. The average Bonchev–Trinajstić information content (AvgIpc) is 2.66. The van der Waals surface area contributed by atoms with Crippen molar-refractivity contribution in [3.05, 3.63) is 0 Å². The van der Waals surface area contributed by atoms with Crippen LogP contribution in [0.4, 0.5) is 0 Å². The highest BCUT2D eigenvalue weighted by atomic mass is 32.2. The molecule has 2 aliphatic rings. The van der Waals surface area contributed by atoms with E-state index in [1.54, 1.807) is 0 Å². The largest absolute Gasteiger partial charge is 0.411 e. The highest BCUT2D eigenvalue weighted by Gasteiger charge is 2.51. The van der Waals surface area contributed by atoms with Crippen LogP contribution >= 0.6 is 0 Å². The maximum Gasteiger partial charge on any atom is 0.264 e. The van der Waals surface area contributed by atoms with Crippen molar-refractivity contribution < 1.29 is 36.4 Å². The van der Waals surface area contributed by atoms with Gasteiger partial charge in [0.25, 0.3) is 10.1 Å². The van der Waals surface area contributed by atoms with Crippen LogP contribution in [0.25, 0.3) is 0 Å². The fourth-order valence-electron chi connectivity index (χ4n) is 4.37. The van der Waals surface area contributed by atoms with Gasteiger partial charge in [-0.05, 0) is 61.9 Å². The smallest absolute Gasteiger partial charge is 0.264 e. The van der Waals surface area contributed by atoms with Gasteiger partial charge in [0.15, 0.2) is 16.6 Å². The van der Waals surface area contributed by atoms with Crippen LogP contribution in [-0.2, 0) is 27.9 Å². The molecule has 11 heteroatoms. The van der Waals surface area contributed by atoms with Crippen molar-refractivity contribution in [3.8, 4) is 0 Å². The van der Waals surface area contributed by atoms with Crippen molar-refractivity contribution in [2.45, 2.75) is 153 Å². The van der Waals surface area contributed by atoms with Gasteiger partial charge in [0, 0.05) is 6.42 Å². The summed E-state index contributed by atoms with van der Waals surface area (Å²) in [6.07, 6.45) is -1.47. The van der Waals surface area contributed by atoms with E-state index in [1.807, 2.05) is 0 Å². The van der Waals surface area contributed by atoms with Crippen molar-refractivity contribution >= 4 is 26.8 Å². The van der Waals surface area contributed by atoms with E-state index >= 15 is 0 Å². The molecule has 0 aromatic rings. The predicted molar refractivity (Wildman–Crippen MR) is 148 cm³/mol. The van der Waals surface area contributed by atoms with Gasteiger partial charge in [-0.2, -0.15) is 8.42 Å². The Balaban J connectivity index is 2.53. The summed E-state index contributed by atoms with van der Waals surface area (Å²) in [6.45, 7) is 21.9. The van der Waals surface area contributed by atoms with E-state index in [0.717, 1.165) is 6.26 Å². The lowest BCUT2D eigenvalue weighted by Crippen LogP contribution is -2.60. The Bertz CT molecular complexity index is 834. The summed E-state index contributed by atoms with van der Waals surface area (Å²) in [7, 11) is -8.22. The molecule has 2 unspecified atom stereocenters. The molecule has 0 aromatic heterocycles. The molecule has 0 aromatic carbocycles. The second-order valence-electron chi connectivity index (χ2n) is 13.8. The molecule has 2 N–H and O–H groups in total. The van der Waals surface area contributed by atoms with Crippen LogP contribution < -0.4 is 0 Å². The molecule has 36 heavy (non-hydrogen) atoms. The quantitative estimate of drug-likeness (QED) is 0.354. The average molecular weight is 569 g/mol. The predicted octanol–water partition coefficient (Wildman–Crippen LogP) is 4.57. The van der Waals surface area contributed by atoms with Crippen molar-refractivity contribution in [1.29, 1.82) is 0 Å². The lowest BCUT2D eigenvalue weighted by atomic mass is 9.88. The number of hydrogen-bond acceptors (Lipinski definition) is 8. The number of rotatable bonds is 6. The molecular weight excluding hydrogens is 517 g/mol. The molecule has 0 aliphatic carbocycles. The van der Waals surface area contributed by atoms with Crippen LogP contribution in [0.3, 0.4) is 0 Å². The van der Waals surface area contributed by atoms with Gasteiger partial charge in [-0.15, -0.1) is 0 Å². The summed E-state index contributed by atoms with van der Waals surface area (Å²) in [5.74, 6) is 0. The highest BCUT2D eigenvalue weighted by molar-refractivity contribution is 7.86. The Morgan fingerprint density at radius 3 is 1.64 bits per heavy atom. The maximum absolute atomic E-state index is 12.2. The van der Waals surface area contributed by atoms with Gasteiger partial charge in [-0.1, -0.05) is 41.5 Å². The van der Waals surface area contributed by atoms with Crippen LogP contribution in [-0.4, -0.2) is 84.2 Å². The molecule has 2 aliphatic heterocycles. The third-order valence-corrected chi connectivity index (χ3v) is 18.3. The third-order valence-electron chi connectivity index (χ3n) is 8.68. The molecular formula is C25H52O8SSi2. The summed E-state index contributed by atoms with van der Waals surface area (Å²) in [5.41, 5.74) is 0. The summed E-state index contributed by atoms with van der Waals surface area (Å²) >= 11 is 0. The first kappa shape index (κ1) is 32.4. The normalized spacial score (nSPS) is 33.9. The zero-order chi connectivity index (χ0) is 27.9. The zero-order valence-corrected chi connectivity index (χ0v) is 27.1. The van der Waals surface area contributed by atoms with E-state index in [1.165, 1.54) is 0 Å². The standard InChI is InChI=1S/C25H52O8SSi2/c1-24(2,3)35(8,9)32-21-16-22(33-36(10,11)25(4,5)6)23-20(31-34(7,28)29)15-13-18(27)17(26)12-14-19(21)30-23/h17-23,26-27H,12-16H2,1-11H3/t17?,18?,19-,20-,21+,22-,23+/m0/s1. The Morgan fingerprint density at radius 2 is 1.19 bits per heavy atom. The molecule has 2 bridgehead atoms. The fourth-order valence-corrected chi connectivity index (χ4v) is 7.72. The first-order valence-corrected chi connectivity index (χ1v) is 20.9. The topological polar surface area (TPSA) is 112 Å². The third kappa shape index (κ3) is 8.32. The van der Waals surface area contributed by atoms with Gasteiger partial charge in [0.2, 0.25) is 0 Å². The number of hydrogen-bond donors (Lipinski definition) is 2. The maximum atomic E-state index is 12.2. The van der Waals surface area contributed by atoms with E-state index in [2.05, 4.69) is 67.7 Å². The monoisotopic (exact) mass is 568 g/mol. The van der Waals surface area contributed by atoms with Crippen molar-refractivity contribution in [2.24, 2.45) is 0 Å². The number of aliphatic hydroxyl groups is 2. The van der Waals surface area contributed by atoms with E-state index < -0.39 is 57.3 Å². The Hall–Kier alpha value is 0.144.